The van der Waals surface area contributed by atoms with Crippen molar-refractivity contribution in [1.82, 2.24) is 15.0 Å². The van der Waals surface area contributed by atoms with E-state index < -0.39 is 0 Å². The molecular formula is C14H14N4OS. The summed E-state index contributed by atoms with van der Waals surface area (Å²) in [6.07, 6.45) is 3.30. The minimum atomic E-state index is 0.609. The van der Waals surface area contributed by atoms with Gasteiger partial charge in [0.1, 0.15) is 17.0 Å². The summed E-state index contributed by atoms with van der Waals surface area (Å²) in [4.78, 5) is 15.0. The molecule has 1 N–H and O–H groups in total. The summed E-state index contributed by atoms with van der Waals surface area (Å²) in [5.41, 5.74) is 0.994. The average molecular weight is 286 g/mol. The highest BCUT2D eigenvalue weighted by Crippen LogP contribution is 2.28. The van der Waals surface area contributed by atoms with Crippen LogP contribution in [0.3, 0.4) is 0 Å². The van der Waals surface area contributed by atoms with Crippen molar-refractivity contribution in [3.05, 3.63) is 41.2 Å². The minimum absolute atomic E-state index is 0.609. The topological polar surface area (TPSA) is 59.9 Å². The third-order valence-electron chi connectivity index (χ3n) is 2.94. The van der Waals surface area contributed by atoms with E-state index in [-0.39, 0.29) is 0 Å². The second-order valence-electron chi connectivity index (χ2n) is 4.32. The third-order valence-corrected chi connectivity index (χ3v) is 3.90. The molecule has 0 spiro atoms. The lowest BCUT2D eigenvalue weighted by Gasteiger charge is -2.09. The van der Waals surface area contributed by atoms with Gasteiger partial charge in [-0.25, -0.2) is 15.0 Å². The van der Waals surface area contributed by atoms with Gasteiger partial charge in [-0.1, -0.05) is 6.07 Å². The van der Waals surface area contributed by atoms with Crippen LogP contribution in [-0.2, 0) is 6.54 Å². The first-order valence-corrected chi connectivity index (χ1v) is 7.02. The predicted molar refractivity (Wildman–Crippen MR) is 80.3 cm³/mol. The van der Waals surface area contributed by atoms with Gasteiger partial charge in [-0.15, -0.1) is 11.3 Å². The Kier molecular flexibility index (Phi) is 3.47. The number of nitrogens with one attached hydrogen (secondary N) is 1. The molecule has 0 saturated carbocycles. The van der Waals surface area contributed by atoms with Crippen molar-refractivity contribution in [2.45, 2.75) is 13.5 Å². The van der Waals surface area contributed by atoms with E-state index in [4.69, 9.17) is 4.74 Å². The molecule has 6 heteroatoms. The maximum atomic E-state index is 5.24. The Labute approximate surface area is 120 Å². The predicted octanol–water partition coefficient (Wildman–Crippen LogP) is 3.02. The number of nitrogens with zero attached hydrogens (tertiary/aromatic N) is 3. The Bertz CT molecular complexity index is 741. The molecule has 0 aromatic carbocycles. The first-order chi connectivity index (χ1) is 9.78. The second-order valence-corrected chi connectivity index (χ2v) is 5.56. The molecule has 0 aliphatic rings. The van der Waals surface area contributed by atoms with E-state index in [2.05, 4.69) is 33.3 Å². The van der Waals surface area contributed by atoms with Crippen molar-refractivity contribution in [2.24, 2.45) is 0 Å². The Balaban J connectivity index is 1.87. The summed E-state index contributed by atoms with van der Waals surface area (Å²) in [6, 6.07) is 5.97. The number of ether oxygens (including phenoxy) is 1. The van der Waals surface area contributed by atoms with Gasteiger partial charge < -0.3 is 10.1 Å². The molecule has 0 amide bonds. The van der Waals surface area contributed by atoms with Crippen molar-refractivity contribution in [3.63, 3.8) is 0 Å². The number of hydrogen-bond donors (Lipinski definition) is 1. The van der Waals surface area contributed by atoms with E-state index >= 15 is 0 Å². The lowest BCUT2D eigenvalue weighted by Crippen LogP contribution is -2.04. The van der Waals surface area contributed by atoms with Gasteiger partial charge >= 0.3 is 0 Å². The van der Waals surface area contributed by atoms with Crippen molar-refractivity contribution >= 4 is 27.4 Å². The van der Waals surface area contributed by atoms with Crippen molar-refractivity contribution in [2.75, 3.05) is 12.4 Å². The molecule has 3 aromatic heterocycles. The Morgan fingerprint density at radius 2 is 2.20 bits per heavy atom. The number of aryl methyl sites for hydroxylation is 1. The first kappa shape index (κ1) is 12.8. The van der Waals surface area contributed by atoms with Crippen molar-refractivity contribution in [1.29, 1.82) is 0 Å². The van der Waals surface area contributed by atoms with Crippen LogP contribution in [0.25, 0.3) is 10.2 Å². The highest BCUT2D eigenvalue weighted by molar-refractivity contribution is 7.18. The van der Waals surface area contributed by atoms with Gasteiger partial charge in [0.2, 0.25) is 5.88 Å². The number of hydrogen-bond acceptors (Lipinski definition) is 6. The summed E-state index contributed by atoms with van der Waals surface area (Å²) >= 11 is 1.67. The number of fused-ring (bicyclic) bond motifs is 1. The van der Waals surface area contributed by atoms with Crippen LogP contribution in [-0.4, -0.2) is 22.1 Å². The number of rotatable bonds is 4. The molecule has 0 unspecified atom stereocenters. The van der Waals surface area contributed by atoms with Gasteiger partial charge in [0.15, 0.2) is 0 Å². The largest absolute Gasteiger partial charge is 0.481 e. The molecule has 3 heterocycles. The molecule has 0 bridgehead atoms. The van der Waals surface area contributed by atoms with Crippen molar-refractivity contribution < 1.29 is 4.74 Å². The van der Waals surface area contributed by atoms with Gasteiger partial charge in [-0.05, 0) is 19.1 Å². The van der Waals surface area contributed by atoms with E-state index in [9.17, 15) is 0 Å². The van der Waals surface area contributed by atoms with Crippen LogP contribution in [0.5, 0.6) is 5.88 Å². The summed E-state index contributed by atoms with van der Waals surface area (Å²) in [7, 11) is 1.62. The monoisotopic (exact) mass is 286 g/mol. The van der Waals surface area contributed by atoms with Gasteiger partial charge in [-0.2, -0.15) is 0 Å². The number of methoxy groups -OCH3 is 1. The Hall–Kier alpha value is -2.21. The molecule has 5 nitrogen and oxygen atoms in total. The molecule has 3 aromatic rings. The minimum Gasteiger partial charge on any atom is -0.481 e. The van der Waals surface area contributed by atoms with E-state index in [0.717, 1.165) is 21.6 Å². The maximum absolute atomic E-state index is 5.24. The van der Waals surface area contributed by atoms with Gasteiger partial charge in [0.05, 0.1) is 12.5 Å². The lowest BCUT2D eigenvalue weighted by molar-refractivity contribution is 0.393. The zero-order chi connectivity index (χ0) is 13.9. The zero-order valence-electron chi connectivity index (χ0n) is 11.3. The molecule has 0 fully saturated rings. The molecule has 20 heavy (non-hydrogen) atoms. The van der Waals surface area contributed by atoms with E-state index in [0.29, 0.717) is 12.4 Å². The lowest BCUT2D eigenvalue weighted by atomic mass is 10.2. The highest BCUT2D eigenvalue weighted by atomic mass is 32.1. The van der Waals surface area contributed by atoms with Crippen LogP contribution >= 0.6 is 11.3 Å². The first-order valence-electron chi connectivity index (χ1n) is 6.21. The molecule has 0 aliphatic carbocycles. The summed E-state index contributed by atoms with van der Waals surface area (Å²) in [5, 5.41) is 4.38. The van der Waals surface area contributed by atoms with E-state index in [1.807, 2.05) is 12.1 Å². The summed E-state index contributed by atoms with van der Waals surface area (Å²) < 4.78 is 5.24. The third kappa shape index (κ3) is 2.42. The number of aromatic nitrogens is 3. The SMILES string of the molecule is COc1ncccc1CNc1ncnc2sc(C)cc12. The summed E-state index contributed by atoms with van der Waals surface area (Å²) in [6.45, 7) is 2.68. The Morgan fingerprint density at radius 1 is 1.30 bits per heavy atom. The zero-order valence-corrected chi connectivity index (χ0v) is 12.1. The van der Waals surface area contributed by atoms with Crippen LogP contribution in [0.4, 0.5) is 5.82 Å². The molecule has 0 aliphatic heterocycles. The highest BCUT2D eigenvalue weighted by Gasteiger charge is 2.08. The smallest absolute Gasteiger partial charge is 0.218 e. The normalized spacial score (nSPS) is 10.7. The fourth-order valence-corrected chi connectivity index (χ4v) is 2.89. The maximum Gasteiger partial charge on any atom is 0.218 e. The molecule has 0 radical (unpaired) electrons. The molecular weight excluding hydrogens is 272 g/mol. The van der Waals surface area contributed by atoms with E-state index in [1.54, 1.807) is 31.0 Å². The van der Waals surface area contributed by atoms with Crippen molar-refractivity contribution in [3.8, 4) is 5.88 Å². The Morgan fingerprint density at radius 3 is 3.05 bits per heavy atom. The van der Waals surface area contributed by atoms with Crippen LogP contribution in [0, 0.1) is 6.92 Å². The second kappa shape index (κ2) is 5.42. The van der Waals surface area contributed by atoms with Crippen LogP contribution in [0.1, 0.15) is 10.4 Å². The van der Waals surface area contributed by atoms with Crippen LogP contribution in [0.15, 0.2) is 30.7 Å². The quantitative estimate of drug-likeness (QED) is 0.799. The fourth-order valence-electron chi connectivity index (χ4n) is 2.04. The number of anilines is 1. The van der Waals surface area contributed by atoms with Crippen LogP contribution in [0.2, 0.25) is 0 Å². The van der Waals surface area contributed by atoms with Gasteiger partial charge in [-0.3, -0.25) is 0 Å². The number of thiophene rings is 1. The van der Waals surface area contributed by atoms with Gasteiger partial charge in [0.25, 0.3) is 0 Å². The standard InChI is InChI=1S/C14H14N4OS/c1-9-6-11-12(17-8-18-14(11)20-9)16-7-10-4-3-5-15-13(10)19-2/h3-6,8H,7H2,1-2H3,(H,16,17,18). The summed E-state index contributed by atoms with van der Waals surface area (Å²) in [5.74, 6) is 1.47. The average Bonchev–Trinajstić information content (AvgIpc) is 2.86. The molecule has 3 rings (SSSR count). The van der Waals surface area contributed by atoms with Crippen LogP contribution < -0.4 is 10.1 Å². The molecule has 102 valence electrons. The van der Waals surface area contributed by atoms with Gasteiger partial charge in [0, 0.05) is 23.2 Å². The fraction of sp³-hybridized carbons (Fsp3) is 0.214. The number of pyridine rings is 1. The van der Waals surface area contributed by atoms with E-state index in [1.165, 1.54) is 4.88 Å². The molecule has 0 atom stereocenters. The molecule has 0 saturated heterocycles.